The van der Waals surface area contributed by atoms with Crippen LogP contribution in [0.2, 0.25) is 0 Å². The van der Waals surface area contributed by atoms with Crippen LogP contribution in [0.1, 0.15) is 43.6 Å². The zero-order valence-electron chi connectivity index (χ0n) is 11.0. The number of piperidine rings is 1. The summed E-state index contributed by atoms with van der Waals surface area (Å²) in [6.45, 7) is 5.76. The van der Waals surface area contributed by atoms with Crippen molar-refractivity contribution in [2.24, 2.45) is 0 Å². The van der Waals surface area contributed by atoms with Gasteiger partial charge in [0.2, 0.25) is 0 Å². The van der Waals surface area contributed by atoms with Crippen molar-refractivity contribution >= 4 is 11.7 Å². The molecule has 0 bridgehead atoms. The van der Waals surface area contributed by atoms with Crippen LogP contribution in [0.3, 0.4) is 0 Å². The van der Waals surface area contributed by atoms with Crippen molar-refractivity contribution in [1.29, 1.82) is 0 Å². The lowest BCUT2D eigenvalue weighted by Gasteiger charge is -2.26. The fraction of sp³-hybridized carbons (Fsp3) is 0.615. The molecule has 0 radical (unpaired) electrons. The summed E-state index contributed by atoms with van der Waals surface area (Å²) in [5, 5.41) is 3.18. The van der Waals surface area contributed by atoms with Gasteiger partial charge in [0.05, 0.1) is 0 Å². The average molecular weight is 248 g/mol. The molecule has 0 spiro atoms. The highest BCUT2D eigenvalue weighted by Gasteiger charge is 2.19. The Morgan fingerprint density at radius 1 is 1.28 bits per heavy atom. The number of carbonyl (C=O) groups is 1. The molecule has 0 aromatic carbocycles. The van der Waals surface area contributed by atoms with Crippen LogP contribution in [0.25, 0.3) is 0 Å². The van der Waals surface area contributed by atoms with Crippen molar-refractivity contribution in [3.63, 3.8) is 0 Å². The number of amides is 1. The van der Waals surface area contributed by atoms with Crippen LogP contribution in [0.5, 0.6) is 0 Å². The lowest BCUT2D eigenvalue weighted by atomic mass is 10.1. The Labute approximate surface area is 108 Å². The third kappa shape index (κ3) is 3.18. The van der Waals surface area contributed by atoms with Gasteiger partial charge in [-0.2, -0.15) is 0 Å². The van der Waals surface area contributed by atoms with Gasteiger partial charge in [-0.1, -0.05) is 0 Å². The molecule has 1 aliphatic heterocycles. The van der Waals surface area contributed by atoms with Crippen molar-refractivity contribution in [3.05, 3.63) is 18.1 Å². The standard InChI is InChI=1S/C13H20N4O/c1-10(2)16-12-8-11(14-9-15-12)13(18)17-6-4-3-5-7-17/h8-10H,3-7H2,1-2H3,(H,14,15,16). The van der Waals surface area contributed by atoms with E-state index in [1.807, 2.05) is 18.7 Å². The summed E-state index contributed by atoms with van der Waals surface area (Å²) in [6.07, 6.45) is 4.84. The Morgan fingerprint density at radius 3 is 2.67 bits per heavy atom. The number of aromatic nitrogens is 2. The summed E-state index contributed by atoms with van der Waals surface area (Å²) in [5.41, 5.74) is 0.482. The second-order valence-electron chi connectivity index (χ2n) is 4.94. The molecule has 5 heteroatoms. The third-order valence-corrected chi connectivity index (χ3v) is 2.97. The summed E-state index contributed by atoms with van der Waals surface area (Å²) >= 11 is 0. The van der Waals surface area contributed by atoms with Crippen LogP contribution in [0.15, 0.2) is 12.4 Å². The fourth-order valence-corrected chi connectivity index (χ4v) is 2.11. The molecule has 18 heavy (non-hydrogen) atoms. The summed E-state index contributed by atoms with van der Waals surface area (Å²) in [4.78, 5) is 22.3. The molecule has 1 aliphatic rings. The van der Waals surface area contributed by atoms with Gasteiger partial charge >= 0.3 is 0 Å². The van der Waals surface area contributed by atoms with E-state index in [9.17, 15) is 4.79 Å². The molecule has 1 N–H and O–H groups in total. The molecule has 1 aromatic rings. The Balaban J connectivity index is 2.09. The van der Waals surface area contributed by atoms with E-state index in [4.69, 9.17) is 0 Å². The molecule has 1 amide bonds. The van der Waals surface area contributed by atoms with E-state index in [0.29, 0.717) is 11.5 Å². The van der Waals surface area contributed by atoms with Gasteiger partial charge in [-0.3, -0.25) is 4.79 Å². The van der Waals surface area contributed by atoms with Crippen LogP contribution in [-0.4, -0.2) is 39.9 Å². The number of hydrogen-bond donors (Lipinski definition) is 1. The molecular formula is C13H20N4O. The molecule has 0 saturated carbocycles. The number of nitrogens with one attached hydrogen (secondary N) is 1. The van der Waals surface area contributed by atoms with E-state index in [0.717, 1.165) is 25.9 Å². The highest BCUT2D eigenvalue weighted by atomic mass is 16.2. The largest absolute Gasteiger partial charge is 0.368 e. The van der Waals surface area contributed by atoms with Gasteiger partial charge in [0.1, 0.15) is 17.8 Å². The lowest BCUT2D eigenvalue weighted by Crippen LogP contribution is -2.36. The number of rotatable bonds is 3. The Hall–Kier alpha value is -1.65. The number of nitrogens with zero attached hydrogens (tertiary/aromatic N) is 3. The van der Waals surface area contributed by atoms with Crippen LogP contribution in [0.4, 0.5) is 5.82 Å². The molecule has 1 fully saturated rings. The number of likely N-dealkylation sites (tertiary alicyclic amines) is 1. The maximum absolute atomic E-state index is 12.2. The summed E-state index contributed by atoms with van der Waals surface area (Å²) in [5.74, 6) is 0.726. The van der Waals surface area contributed by atoms with Gasteiger partial charge in [-0.05, 0) is 33.1 Å². The average Bonchev–Trinajstić information content (AvgIpc) is 2.38. The van der Waals surface area contributed by atoms with Gasteiger partial charge in [0.25, 0.3) is 5.91 Å². The van der Waals surface area contributed by atoms with Gasteiger partial charge in [-0.15, -0.1) is 0 Å². The van der Waals surface area contributed by atoms with E-state index >= 15 is 0 Å². The second kappa shape index (κ2) is 5.80. The van der Waals surface area contributed by atoms with Crippen LogP contribution < -0.4 is 5.32 Å². The minimum absolute atomic E-state index is 0.0175. The first-order chi connectivity index (χ1) is 8.66. The molecule has 0 atom stereocenters. The predicted octanol–water partition coefficient (Wildman–Crippen LogP) is 1.92. The summed E-state index contributed by atoms with van der Waals surface area (Å²) in [6, 6.07) is 2.02. The molecule has 0 aliphatic carbocycles. The SMILES string of the molecule is CC(C)Nc1cc(C(=O)N2CCCCC2)ncn1. The zero-order chi connectivity index (χ0) is 13.0. The van der Waals surface area contributed by atoms with Crippen LogP contribution in [-0.2, 0) is 0 Å². The zero-order valence-corrected chi connectivity index (χ0v) is 11.0. The van der Waals surface area contributed by atoms with E-state index < -0.39 is 0 Å². The Bertz CT molecular complexity index is 413. The van der Waals surface area contributed by atoms with Crippen LogP contribution in [0, 0.1) is 0 Å². The maximum atomic E-state index is 12.2. The molecular weight excluding hydrogens is 228 g/mol. The molecule has 1 saturated heterocycles. The first-order valence-electron chi connectivity index (χ1n) is 6.54. The second-order valence-corrected chi connectivity index (χ2v) is 4.94. The Morgan fingerprint density at radius 2 is 2.00 bits per heavy atom. The van der Waals surface area contributed by atoms with Crippen molar-refractivity contribution in [3.8, 4) is 0 Å². The number of anilines is 1. The van der Waals surface area contributed by atoms with E-state index in [-0.39, 0.29) is 11.9 Å². The van der Waals surface area contributed by atoms with Gasteiger partial charge in [0.15, 0.2) is 0 Å². The first-order valence-corrected chi connectivity index (χ1v) is 6.54. The predicted molar refractivity (Wildman–Crippen MR) is 70.5 cm³/mol. The first kappa shape index (κ1) is 12.8. The quantitative estimate of drug-likeness (QED) is 0.888. The number of hydrogen-bond acceptors (Lipinski definition) is 4. The Kier molecular flexibility index (Phi) is 4.12. The minimum atomic E-state index is 0.0175. The third-order valence-electron chi connectivity index (χ3n) is 2.97. The maximum Gasteiger partial charge on any atom is 0.272 e. The lowest BCUT2D eigenvalue weighted by molar-refractivity contribution is 0.0718. The topological polar surface area (TPSA) is 58.1 Å². The van der Waals surface area contributed by atoms with Gasteiger partial charge in [-0.25, -0.2) is 9.97 Å². The van der Waals surface area contributed by atoms with Crippen molar-refractivity contribution in [2.75, 3.05) is 18.4 Å². The summed E-state index contributed by atoms with van der Waals surface area (Å²) < 4.78 is 0. The van der Waals surface area contributed by atoms with Crippen LogP contribution >= 0.6 is 0 Å². The van der Waals surface area contributed by atoms with E-state index in [1.54, 1.807) is 6.07 Å². The van der Waals surface area contributed by atoms with Crippen molar-refractivity contribution < 1.29 is 4.79 Å². The summed E-state index contributed by atoms with van der Waals surface area (Å²) in [7, 11) is 0. The van der Waals surface area contributed by atoms with Gasteiger partial charge < -0.3 is 10.2 Å². The molecule has 0 unspecified atom stereocenters. The van der Waals surface area contributed by atoms with Crippen molar-refractivity contribution in [2.45, 2.75) is 39.2 Å². The van der Waals surface area contributed by atoms with E-state index in [2.05, 4.69) is 15.3 Å². The molecule has 5 nitrogen and oxygen atoms in total. The normalized spacial score (nSPS) is 15.8. The molecule has 2 rings (SSSR count). The minimum Gasteiger partial charge on any atom is -0.368 e. The fourth-order valence-electron chi connectivity index (χ4n) is 2.11. The molecule has 2 heterocycles. The van der Waals surface area contributed by atoms with Crippen molar-refractivity contribution in [1.82, 2.24) is 14.9 Å². The highest BCUT2D eigenvalue weighted by molar-refractivity contribution is 5.92. The molecule has 1 aromatic heterocycles. The van der Waals surface area contributed by atoms with Gasteiger partial charge in [0, 0.05) is 25.2 Å². The van der Waals surface area contributed by atoms with E-state index in [1.165, 1.54) is 12.7 Å². The number of carbonyl (C=O) groups excluding carboxylic acids is 1. The molecule has 98 valence electrons. The highest BCUT2D eigenvalue weighted by Crippen LogP contribution is 2.13. The smallest absolute Gasteiger partial charge is 0.272 e. The monoisotopic (exact) mass is 248 g/mol.